The molecule has 4 rings (SSSR count). The van der Waals surface area contributed by atoms with Crippen LogP contribution in [0.15, 0.2) is 40.8 Å². The Morgan fingerprint density at radius 1 is 0.848 bits per heavy atom. The molecule has 176 valence electrons. The van der Waals surface area contributed by atoms with E-state index in [-0.39, 0.29) is 11.7 Å². The van der Waals surface area contributed by atoms with Gasteiger partial charge in [0.2, 0.25) is 0 Å². The molecule has 0 unspecified atom stereocenters. The number of furan rings is 1. The summed E-state index contributed by atoms with van der Waals surface area (Å²) in [6.07, 6.45) is 13.0. The van der Waals surface area contributed by atoms with Crippen molar-refractivity contribution in [3.63, 3.8) is 0 Å². The molecule has 5 heteroatoms. The van der Waals surface area contributed by atoms with Crippen LogP contribution in [0.5, 0.6) is 5.75 Å². The van der Waals surface area contributed by atoms with E-state index in [4.69, 9.17) is 9.15 Å². The highest BCUT2D eigenvalue weighted by Crippen LogP contribution is 2.40. The van der Waals surface area contributed by atoms with E-state index in [1.807, 2.05) is 12.1 Å². The van der Waals surface area contributed by atoms with E-state index in [0.29, 0.717) is 29.1 Å². The van der Waals surface area contributed by atoms with Crippen molar-refractivity contribution in [2.45, 2.75) is 70.6 Å². The first-order chi connectivity index (χ1) is 16.2. The second-order valence-electron chi connectivity index (χ2n) is 8.94. The summed E-state index contributed by atoms with van der Waals surface area (Å²) in [4.78, 5) is 13.0. The van der Waals surface area contributed by atoms with Crippen molar-refractivity contribution in [2.24, 2.45) is 0 Å². The topological polar surface area (TPSA) is 51.5 Å². The summed E-state index contributed by atoms with van der Waals surface area (Å²) < 4.78 is 26.0. The van der Waals surface area contributed by atoms with E-state index in [1.165, 1.54) is 57.1 Å². The Kier molecular flexibility index (Phi) is 8.03. The third-order valence-corrected chi connectivity index (χ3v) is 6.56. The molecular weight excluding hydrogens is 417 g/mol. The molecule has 0 saturated carbocycles. The summed E-state index contributed by atoms with van der Waals surface area (Å²) in [6.45, 7) is 0.677. The Morgan fingerprint density at radius 3 is 2.15 bits per heavy atom. The predicted molar refractivity (Wildman–Crippen MR) is 130 cm³/mol. The van der Waals surface area contributed by atoms with Gasteiger partial charge in [0.25, 0.3) is 5.91 Å². The Labute approximate surface area is 195 Å². The Hall–Kier alpha value is -2.82. The maximum absolute atomic E-state index is 13.5. The molecule has 0 spiro atoms. The van der Waals surface area contributed by atoms with Gasteiger partial charge in [0.1, 0.15) is 22.9 Å². The second kappa shape index (κ2) is 11.4. The number of carbonyl (C=O) groups excluding carboxylic acids is 1. The smallest absolute Gasteiger partial charge is 0.255 e. The van der Waals surface area contributed by atoms with E-state index in [2.05, 4.69) is 5.32 Å². The molecule has 3 aromatic rings. The fourth-order valence-corrected chi connectivity index (χ4v) is 4.77. The summed E-state index contributed by atoms with van der Waals surface area (Å²) in [5.41, 5.74) is 2.88. The zero-order chi connectivity index (χ0) is 23.0. The maximum Gasteiger partial charge on any atom is 0.255 e. The van der Waals surface area contributed by atoms with Crippen LogP contribution < -0.4 is 10.1 Å². The van der Waals surface area contributed by atoms with E-state index < -0.39 is 0 Å². The second-order valence-corrected chi connectivity index (χ2v) is 8.94. The summed E-state index contributed by atoms with van der Waals surface area (Å²) in [7, 11) is 1.62. The first-order valence-corrected chi connectivity index (χ1v) is 12.4. The third kappa shape index (κ3) is 5.58. The standard InChI is InChI=1S/C28H34FNO3/c1-30-28(31)26-25-22-12-10-8-6-4-2-3-5-7-9-11-19-32-23(22)17-18-24(25)33-27(26)20-13-15-21(29)16-14-20/h13-18H,2-12,19H2,1H3,(H,30,31). The molecule has 4 nitrogen and oxygen atoms in total. The molecule has 0 aliphatic carbocycles. The quantitative estimate of drug-likeness (QED) is 0.441. The van der Waals surface area contributed by atoms with Gasteiger partial charge in [-0.1, -0.05) is 51.4 Å². The van der Waals surface area contributed by atoms with Gasteiger partial charge in [-0.05, 0) is 55.7 Å². The largest absolute Gasteiger partial charge is 0.493 e. The van der Waals surface area contributed by atoms with Crippen LogP contribution >= 0.6 is 0 Å². The lowest BCUT2D eigenvalue weighted by Gasteiger charge is -2.13. The molecule has 0 fully saturated rings. The van der Waals surface area contributed by atoms with Crippen LogP contribution in [0.4, 0.5) is 4.39 Å². The van der Waals surface area contributed by atoms with Gasteiger partial charge in [0.15, 0.2) is 0 Å². The fraction of sp³-hybridized carbons (Fsp3) is 0.464. The molecule has 0 saturated heterocycles. The number of hydrogen-bond acceptors (Lipinski definition) is 3. The Balaban J connectivity index is 1.78. The van der Waals surface area contributed by atoms with Gasteiger partial charge < -0.3 is 14.5 Å². The maximum atomic E-state index is 13.5. The lowest BCUT2D eigenvalue weighted by atomic mass is 9.96. The zero-order valence-electron chi connectivity index (χ0n) is 19.6. The van der Waals surface area contributed by atoms with Crippen LogP contribution in [0.1, 0.15) is 80.1 Å². The van der Waals surface area contributed by atoms with E-state index >= 15 is 0 Å². The summed E-state index contributed by atoms with van der Waals surface area (Å²) in [5, 5.41) is 3.58. The summed E-state index contributed by atoms with van der Waals surface area (Å²) in [5.74, 6) is 0.775. The highest BCUT2D eigenvalue weighted by Gasteiger charge is 2.25. The van der Waals surface area contributed by atoms with Crippen LogP contribution in [-0.4, -0.2) is 19.6 Å². The monoisotopic (exact) mass is 451 g/mol. The van der Waals surface area contributed by atoms with Crippen LogP contribution in [0.2, 0.25) is 0 Å². The van der Waals surface area contributed by atoms with Crippen molar-refractivity contribution in [3.05, 3.63) is 53.3 Å². The van der Waals surface area contributed by atoms with Crippen molar-refractivity contribution in [1.82, 2.24) is 5.32 Å². The molecule has 0 radical (unpaired) electrons. The zero-order valence-corrected chi connectivity index (χ0v) is 19.6. The molecule has 0 bridgehead atoms. The molecule has 1 aliphatic heterocycles. The van der Waals surface area contributed by atoms with Crippen molar-refractivity contribution < 1.29 is 18.3 Å². The number of benzene rings is 2. The number of amides is 1. The number of carbonyl (C=O) groups is 1. The summed E-state index contributed by atoms with van der Waals surface area (Å²) >= 11 is 0. The van der Waals surface area contributed by atoms with Crippen LogP contribution in [0.25, 0.3) is 22.3 Å². The molecule has 0 atom stereocenters. The van der Waals surface area contributed by atoms with Gasteiger partial charge in [-0.2, -0.15) is 0 Å². The predicted octanol–water partition coefficient (Wildman–Crippen LogP) is 7.43. The molecule has 33 heavy (non-hydrogen) atoms. The van der Waals surface area contributed by atoms with Crippen molar-refractivity contribution in [1.29, 1.82) is 0 Å². The number of ether oxygens (including phenoxy) is 1. The molecular formula is C28H34FNO3. The van der Waals surface area contributed by atoms with Gasteiger partial charge in [-0.15, -0.1) is 0 Å². The minimum Gasteiger partial charge on any atom is -0.493 e. The van der Waals surface area contributed by atoms with Gasteiger partial charge in [-0.3, -0.25) is 4.79 Å². The van der Waals surface area contributed by atoms with Crippen LogP contribution in [0.3, 0.4) is 0 Å². The molecule has 1 N–H and O–H groups in total. The molecule has 2 heterocycles. The minimum atomic E-state index is -0.323. The van der Waals surface area contributed by atoms with Gasteiger partial charge in [0.05, 0.1) is 12.2 Å². The number of halogens is 1. The molecule has 1 aromatic heterocycles. The Bertz CT molecular complexity index is 1070. The van der Waals surface area contributed by atoms with Gasteiger partial charge >= 0.3 is 0 Å². The van der Waals surface area contributed by atoms with Crippen molar-refractivity contribution >= 4 is 16.9 Å². The first-order valence-electron chi connectivity index (χ1n) is 12.4. The average molecular weight is 452 g/mol. The average Bonchev–Trinajstić information content (AvgIpc) is 3.21. The Morgan fingerprint density at radius 2 is 1.48 bits per heavy atom. The van der Waals surface area contributed by atoms with Gasteiger partial charge in [-0.25, -0.2) is 4.39 Å². The number of hydrogen-bond donors (Lipinski definition) is 1. The van der Waals surface area contributed by atoms with E-state index in [0.717, 1.165) is 42.4 Å². The number of fused-ring (bicyclic) bond motifs is 3. The highest BCUT2D eigenvalue weighted by atomic mass is 19.1. The van der Waals surface area contributed by atoms with Gasteiger partial charge in [0, 0.05) is 23.6 Å². The van der Waals surface area contributed by atoms with Crippen molar-refractivity contribution in [3.8, 4) is 17.1 Å². The molecule has 1 aliphatic rings. The molecule has 2 aromatic carbocycles. The number of rotatable bonds is 2. The van der Waals surface area contributed by atoms with Crippen LogP contribution in [-0.2, 0) is 6.42 Å². The van der Waals surface area contributed by atoms with Crippen LogP contribution in [0, 0.1) is 5.82 Å². The SMILES string of the molecule is CNC(=O)c1c(-c2ccc(F)cc2)oc2ccc3c(c12)CCCCCCCCCCCCO3. The van der Waals surface area contributed by atoms with Crippen molar-refractivity contribution in [2.75, 3.05) is 13.7 Å². The molecule has 1 amide bonds. The summed E-state index contributed by atoms with van der Waals surface area (Å²) in [6, 6.07) is 9.94. The highest BCUT2D eigenvalue weighted by molar-refractivity contribution is 6.12. The third-order valence-electron chi connectivity index (χ3n) is 6.56. The fourth-order valence-electron chi connectivity index (χ4n) is 4.77. The van der Waals surface area contributed by atoms with E-state index in [9.17, 15) is 9.18 Å². The lowest BCUT2D eigenvalue weighted by Crippen LogP contribution is -2.18. The number of nitrogens with one attached hydrogen (secondary N) is 1. The first kappa shape index (κ1) is 23.3. The normalized spacial score (nSPS) is 16.3. The lowest BCUT2D eigenvalue weighted by molar-refractivity contribution is 0.0964. The number of aryl methyl sites for hydroxylation is 1. The minimum absolute atomic E-state index is 0.211. The van der Waals surface area contributed by atoms with E-state index in [1.54, 1.807) is 19.2 Å².